The third kappa shape index (κ3) is 8.01. The van der Waals surface area contributed by atoms with Crippen molar-refractivity contribution in [3.05, 3.63) is 95.2 Å². The summed E-state index contributed by atoms with van der Waals surface area (Å²) in [6.07, 6.45) is 5.38. The van der Waals surface area contributed by atoms with Gasteiger partial charge in [0.25, 0.3) is 5.91 Å². The molecule has 4 aromatic rings. The number of amides is 3. The van der Waals surface area contributed by atoms with Crippen LogP contribution in [-0.4, -0.2) is 81.1 Å². The van der Waals surface area contributed by atoms with Gasteiger partial charge in [0, 0.05) is 47.4 Å². The number of nitrogens with one attached hydrogen (secondary N) is 3. The van der Waals surface area contributed by atoms with Crippen LogP contribution in [0.15, 0.2) is 66.9 Å². The van der Waals surface area contributed by atoms with Crippen molar-refractivity contribution in [3.8, 4) is 5.75 Å². The summed E-state index contributed by atoms with van der Waals surface area (Å²) in [5, 5.41) is 26.3. The molecular weight excluding hydrogens is 636 g/mol. The average Bonchev–Trinajstić information content (AvgIpc) is 3.50. The zero-order valence-electron chi connectivity index (χ0n) is 29.7. The number of aliphatic hydroxyl groups excluding tert-OH is 1. The summed E-state index contributed by atoms with van der Waals surface area (Å²) >= 11 is 0. The van der Waals surface area contributed by atoms with Gasteiger partial charge in [-0.3, -0.25) is 14.0 Å². The lowest BCUT2D eigenvalue weighted by atomic mass is 9.81. The van der Waals surface area contributed by atoms with Gasteiger partial charge in [0.05, 0.1) is 12.8 Å². The van der Waals surface area contributed by atoms with Crippen molar-refractivity contribution < 1.29 is 24.2 Å². The van der Waals surface area contributed by atoms with E-state index in [2.05, 4.69) is 51.9 Å². The Bertz CT molecular complexity index is 1910. The number of nitrogens with zero attached hydrogens (tertiary/aromatic N) is 5. The fraction of sp³-hybridized carbons (Fsp3) is 0.405. The van der Waals surface area contributed by atoms with E-state index in [1.54, 1.807) is 30.4 Å². The van der Waals surface area contributed by atoms with E-state index in [0.717, 1.165) is 5.82 Å². The summed E-state index contributed by atoms with van der Waals surface area (Å²) < 4.78 is 8.34. The number of likely N-dealkylation sites (N-methyl/N-ethyl adjacent to an activating group) is 1. The normalized spacial score (nSPS) is 17.3. The molecule has 1 aliphatic rings. The van der Waals surface area contributed by atoms with Crippen LogP contribution in [0.2, 0.25) is 0 Å². The van der Waals surface area contributed by atoms with Crippen LogP contribution in [0.5, 0.6) is 5.75 Å². The molecule has 2 atom stereocenters. The van der Waals surface area contributed by atoms with Crippen molar-refractivity contribution in [1.82, 2.24) is 35.1 Å². The quantitative estimate of drug-likeness (QED) is 0.134. The number of aliphatic hydroxyl groups is 1. The van der Waals surface area contributed by atoms with Crippen molar-refractivity contribution in [2.75, 3.05) is 38.6 Å². The number of carbonyl (C=O) groups excluding carboxylic acids is 3. The number of fused-ring (bicyclic) bond motifs is 2. The van der Waals surface area contributed by atoms with Crippen LogP contribution in [0, 0.1) is 0 Å². The van der Waals surface area contributed by atoms with Crippen molar-refractivity contribution in [3.63, 3.8) is 0 Å². The summed E-state index contributed by atoms with van der Waals surface area (Å²) in [5.41, 5.74) is 0.923. The Morgan fingerprint density at radius 1 is 1.04 bits per heavy atom. The van der Waals surface area contributed by atoms with Gasteiger partial charge in [-0.25, -0.2) is 9.78 Å². The van der Waals surface area contributed by atoms with Crippen molar-refractivity contribution in [1.29, 1.82) is 0 Å². The van der Waals surface area contributed by atoms with Crippen LogP contribution in [-0.2, 0) is 21.2 Å². The Morgan fingerprint density at radius 2 is 1.80 bits per heavy atom. The molecule has 0 unspecified atom stereocenters. The molecule has 1 aliphatic carbocycles. The lowest BCUT2D eigenvalue weighted by Gasteiger charge is -2.34. The molecule has 0 saturated carbocycles. The Morgan fingerprint density at radius 3 is 2.50 bits per heavy atom. The molecule has 5 rings (SSSR count). The first-order valence-electron chi connectivity index (χ1n) is 16.6. The molecule has 3 heterocycles. The SMILES string of the molecule is CN(CCO)CCNC(=O)c1cc(NC(=O)N[C@@]2(C=O)C=C[C@@H](Oc3ccc4nnc(C(C)(C)C)n4c3)c3ccccc32)cc(C(C)(C)C)n1. The minimum atomic E-state index is -1.49. The summed E-state index contributed by atoms with van der Waals surface area (Å²) in [6.45, 7) is 13.5. The lowest BCUT2D eigenvalue weighted by Crippen LogP contribution is -2.49. The van der Waals surface area contributed by atoms with E-state index in [0.29, 0.717) is 59.8 Å². The van der Waals surface area contributed by atoms with Gasteiger partial charge >= 0.3 is 6.03 Å². The van der Waals surface area contributed by atoms with Gasteiger partial charge in [0.1, 0.15) is 28.9 Å². The number of urea groups is 1. The molecule has 13 heteroatoms. The molecule has 0 fully saturated rings. The van der Waals surface area contributed by atoms with Gasteiger partial charge in [0.15, 0.2) is 11.9 Å². The first-order chi connectivity index (χ1) is 23.6. The molecule has 0 radical (unpaired) electrons. The van der Waals surface area contributed by atoms with E-state index in [1.807, 2.05) is 67.6 Å². The van der Waals surface area contributed by atoms with E-state index in [1.165, 1.54) is 6.07 Å². The predicted molar refractivity (Wildman–Crippen MR) is 190 cm³/mol. The van der Waals surface area contributed by atoms with Gasteiger partial charge < -0.3 is 30.7 Å². The number of rotatable bonds is 11. The number of anilines is 1. The number of benzene rings is 1. The fourth-order valence-electron chi connectivity index (χ4n) is 5.68. The molecule has 3 aromatic heterocycles. The number of aromatic nitrogens is 4. The van der Waals surface area contributed by atoms with Crippen LogP contribution in [0.3, 0.4) is 0 Å². The van der Waals surface area contributed by atoms with Crippen LogP contribution < -0.4 is 20.7 Å². The monoisotopic (exact) mass is 682 g/mol. The average molecular weight is 683 g/mol. The zero-order valence-corrected chi connectivity index (χ0v) is 29.7. The Balaban J connectivity index is 1.36. The molecule has 1 aromatic carbocycles. The van der Waals surface area contributed by atoms with Gasteiger partial charge in [-0.15, -0.1) is 10.2 Å². The van der Waals surface area contributed by atoms with Crippen molar-refractivity contribution >= 4 is 29.6 Å². The Labute approximate surface area is 292 Å². The predicted octanol–water partition coefficient (Wildman–Crippen LogP) is 4.28. The van der Waals surface area contributed by atoms with Crippen LogP contribution in [0.1, 0.15) is 80.8 Å². The summed E-state index contributed by atoms with van der Waals surface area (Å²) in [5.74, 6) is 0.988. The van der Waals surface area contributed by atoms with Crippen LogP contribution in [0.4, 0.5) is 10.5 Å². The minimum Gasteiger partial charge on any atom is -0.480 e. The molecule has 3 amide bonds. The van der Waals surface area contributed by atoms with Crippen LogP contribution >= 0.6 is 0 Å². The highest BCUT2D eigenvalue weighted by molar-refractivity contribution is 5.96. The van der Waals surface area contributed by atoms with E-state index >= 15 is 0 Å². The van der Waals surface area contributed by atoms with Crippen LogP contribution in [0.25, 0.3) is 5.65 Å². The minimum absolute atomic E-state index is 0.0258. The van der Waals surface area contributed by atoms with Gasteiger partial charge in [-0.2, -0.15) is 0 Å². The molecule has 4 N–H and O–H groups in total. The number of ether oxygens (including phenoxy) is 1. The summed E-state index contributed by atoms with van der Waals surface area (Å²) in [6, 6.07) is 13.5. The van der Waals surface area contributed by atoms with E-state index < -0.39 is 29.0 Å². The molecule has 264 valence electrons. The Kier molecular flexibility index (Phi) is 10.4. The third-order valence-corrected chi connectivity index (χ3v) is 8.41. The maximum absolute atomic E-state index is 13.6. The van der Waals surface area contributed by atoms with E-state index in [9.17, 15) is 14.4 Å². The topological polar surface area (TPSA) is 163 Å². The number of pyridine rings is 2. The molecule has 0 spiro atoms. The van der Waals surface area contributed by atoms with Gasteiger partial charge in [0.2, 0.25) is 0 Å². The lowest BCUT2D eigenvalue weighted by molar-refractivity contribution is -0.111. The molecule has 13 nitrogen and oxygen atoms in total. The van der Waals surface area contributed by atoms with Gasteiger partial charge in [-0.05, 0) is 49.0 Å². The summed E-state index contributed by atoms with van der Waals surface area (Å²) in [4.78, 5) is 46.0. The molecule has 0 saturated heterocycles. The highest BCUT2D eigenvalue weighted by atomic mass is 16.5. The second-order valence-electron chi connectivity index (χ2n) is 14.6. The van der Waals surface area contributed by atoms with Crippen molar-refractivity contribution in [2.45, 2.75) is 64.0 Å². The third-order valence-electron chi connectivity index (χ3n) is 8.41. The highest BCUT2D eigenvalue weighted by Gasteiger charge is 2.38. The number of carbonyl (C=O) groups is 3. The molecular formula is C37H46N8O5. The fourth-order valence-corrected chi connectivity index (χ4v) is 5.68. The summed E-state index contributed by atoms with van der Waals surface area (Å²) in [7, 11) is 1.85. The largest absolute Gasteiger partial charge is 0.480 e. The smallest absolute Gasteiger partial charge is 0.320 e. The zero-order chi connectivity index (χ0) is 36.3. The van der Waals surface area contributed by atoms with E-state index in [-0.39, 0.29) is 17.7 Å². The number of hydrogen-bond donors (Lipinski definition) is 4. The van der Waals surface area contributed by atoms with Crippen molar-refractivity contribution in [2.24, 2.45) is 0 Å². The number of hydrogen-bond acceptors (Lipinski definition) is 9. The van der Waals surface area contributed by atoms with E-state index in [4.69, 9.17) is 9.84 Å². The first-order valence-corrected chi connectivity index (χ1v) is 16.6. The molecule has 50 heavy (non-hydrogen) atoms. The maximum atomic E-state index is 13.6. The molecule has 0 aliphatic heterocycles. The maximum Gasteiger partial charge on any atom is 0.320 e. The Hall–Kier alpha value is -5.14. The first kappa shape index (κ1) is 36.1. The standard InChI is InChI=1S/C37H46N8O5/c1-35(2,3)30-21-24(20-28(40-30)32(48)38-16-17-44(7)18-19-46)39-34(49)41-37(23-47)15-14-29(26-10-8-9-11-27(26)37)50-25-12-13-31-42-43-33(36(4,5)6)45(31)22-25/h8-15,20-23,29,46H,16-19H2,1-7H3,(H,38,48)(H2,39,40,41,49)/t29-,37-/m1/s1. The number of aldehydes is 1. The second kappa shape index (κ2) is 14.4. The molecule has 0 bridgehead atoms. The highest BCUT2D eigenvalue weighted by Crippen LogP contribution is 2.37. The second-order valence-corrected chi connectivity index (χ2v) is 14.6. The van der Waals surface area contributed by atoms with Gasteiger partial charge in [-0.1, -0.05) is 65.8 Å².